The van der Waals surface area contributed by atoms with E-state index in [1.54, 1.807) is 25.1 Å². The molecule has 2 heterocycles. The van der Waals surface area contributed by atoms with Crippen LogP contribution in [0.15, 0.2) is 64.4 Å². The Morgan fingerprint density at radius 1 is 1.03 bits per heavy atom. The topological polar surface area (TPSA) is 107 Å². The van der Waals surface area contributed by atoms with Crippen LogP contribution in [0.1, 0.15) is 40.2 Å². The van der Waals surface area contributed by atoms with Crippen molar-refractivity contribution in [3.05, 3.63) is 82.4 Å². The van der Waals surface area contributed by atoms with Gasteiger partial charge in [-0.1, -0.05) is 24.3 Å². The van der Waals surface area contributed by atoms with Crippen molar-refractivity contribution in [1.82, 2.24) is 10.6 Å². The van der Waals surface area contributed by atoms with Gasteiger partial charge in [0.2, 0.25) is 0 Å². The third-order valence-corrected chi connectivity index (χ3v) is 5.92. The zero-order valence-electron chi connectivity index (χ0n) is 18.0. The monoisotopic (exact) mass is 446 g/mol. The Bertz CT molecular complexity index is 1280. The number of benzene rings is 2. The standard InChI is InChI=1S/C25H22N2O6/c1-2-31-24(29)21-18(26-25(30)27-22(21)19-7-4-12-32-19)13-33-23(28)17-11-10-15-9-8-14-5-3-6-16(17)20(14)15/h3-7,10-12,22H,2,8-9,13H2,1H3,(H2,26,27,30). The quantitative estimate of drug-likeness (QED) is 0.561. The third kappa shape index (κ3) is 3.73. The number of hydrogen-bond donors (Lipinski definition) is 2. The minimum absolute atomic E-state index is 0.125. The highest BCUT2D eigenvalue weighted by Crippen LogP contribution is 2.33. The zero-order chi connectivity index (χ0) is 22.9. The Labute approximate surface area is 189 Å². The molecule has 2 aliphatic rings. The van der Waals surface area contributed by atoms with E-state index in [0.29, 0.717) is 11.3 Å². The number of amides is 2. The molecule has 0 bridgehead atoms. The second-order valence-corrected chi connectivity index (χ2v) is 7.85. The van der Waals surface area contributed by atoms with Crippen molar-refractivity contribution in [3.63, 3.8) is 0 Å². The van der Waals surface area contributed by atoms with Crippen LogP contribution in [0.5, 0.6) is 0 Å². The van der Waals surface area contributed by atoms with Crippen LogP contribution in [0.3, 0.4) is 0 Å². The van der Waals surface area contributed by atoms with Gasteiger partial charge in [-0.05, 0) is 59.9 Å². The molecule has 1 unspecified atom stereocenters. The molecular weight excluding hydrogens is 424 g/mol. The molecule has 2 N–H and O–H groups in total. The molecule has 2 aromatic carbocycles. The smallest absolute Gasteiger partial charge is 0.339 e. The Kier molecular flexibility index (Phi) is 5.34. The third-order valence-electron chi connectivity index (χ3n) is 5.92. The summed E-state index contributed by atoms with van der Waals surface area (Å²) in [4.78, 5) is 38.1. The van der Waals surface area contributed by atoms with E-state index >= 15 is 0 Å². The van der Waals surface area contributed by atoms with Crippen molar-refractivity contribution >= 4 is 28.7 Å². The van der Waals surface area contributed by atoms with Gasteiger partial charge in [-0.3, -0.25) is 0 Å². The number of carbonyl (C=O) groups is 3. The van der Waals surface area contributed by atoms with E-state index in [4.69, 9.17) is 13.9 Å². The highest BCUT2D eigenvalue weighted by Gasteiger charge is 2.36. The van der Waals surface area contributed by atoms with Crippen molar-refractivity contribution in [2.24, 2.45) is 0 Å². The summed E-state index contributed by atoms with van der Waals surface area (Å²) in [5, 5.41) is 7.18. The molecule has 5 rings (SSSR count). The lowest BCUT2D eigenvalue weighted by Crippen LogP contribution is -2.47. The van der Waals surface area contributed by atoms with Gasteiger partial charge in [0.25, 0.3) is 0 Å². The first-order valence-corrected chi connectivity index (χ1v) is 10.8. The molecule has 3 aromatic rings. The molecule has 8 nitrogen and oxygen atoms in total. The molecule has 2 amide bonds. The normalized spacial score (nSPS) is 17.0. The molecule has 33 heavy (non-hydrogen) atoms. The molecule has 1 aromatic heterocycles. The summed E-state index contributed by atoms with van der Waals surface area (Å²) in [6.45, 7) is 1.53. The fourth-order valence-electron chi connectivity index (χ4n) is 4.49. The van der Waals surface area contributed by atoms with Gasteiger partial charge in [0, 0.05) is 0 Å². The first-order chi connectivity index (χ1) is 16.1. The van der Waals surface area contributed by atoms with Gasteiger partial charge in [-0.25, -0.2) is 14.4 Å². The van der Waals surface area contributed by atoms with Crippen LogP contribution in [0, 0.1) is 0 Å². The summed E-state index contributed by atoms with van der Waals surface area (Å²) < 4.78 is 16.2. The molecule has 1 atom stereocenters. The number of urea groups is 1. The Morgan fingerprint density at radius 3 is 2.61 bits per heavy atom. The first kappa shape index (κ1) is 20.8. The lowest BCUT2D eigenvalue weighted by atomic mass is 9.99. The summed E-state index contributed by atoms with van der Waals surface area (Å²) >= 11 is 0. The number of esters is 2. The van der Waals surface area contributed by atoms with Gasteiger partial charge in [0.05, 0.1) is 29.7 Å². The van der Waals surface area contributed by atoms with Gasteiger partial charge >= 0.3 is 18.0 Å². The van der Waals surface area contributed by atoms with Crippen LogP contribution >= 0.6 is 0 Å². The maximum atomic E-state index is 13.0. The minimum Gasteiger partial charge on any atom is -0.467 e. The van der Waals surface area contributed by atoms with Crippen LogP contribution in [0.2, 0.25) is 0 Å². The molecule has 0 radical (unpaired) electrons. The van der Waals surface area contributed by atoms with Crippen molar-refractivity contribution < 1.29 is 28.3 Å². The predicted molar refractivity (Wildman–Crippen MR) is 118 cm³/mol. The largest absolute Gasteiger partial charge is 0.467 e. The number of carbonyl (C=O) groups excluding carboxylic acids is 3. The van der Waals surface area contributed by atoms with Gasteiger partial charge in [0.1, 0.15) is 18.4 Å². The number of rotatable bonds is 6. The van der Waals surface area contributed by atoms with E-state index in [1.807, 2.05) is 18.2 Å². The molecule has 8 heteroatoms. The SMILES string of the molecule is CCOC(=O)C1=C(COC(=O)c2ccc3c4c(cccc24)CC3)NC(=O)NC1c1ccco1. The number of ether oxygens (including phenoxy) is 2. The van der Waals surface area contributed by atoms with Crippen LogP contribution < -0.4 is 10.6 Å². The fourth-order valence-corrected chi connectivity index (χ4v) is 4.49. The summed E-state index contributed by atoms with van der Waals surface area (Å²) in [6, 6.07) is 11.5. The summed E-state index contributed by atoms with van der Waals surface area (Å²) in [5.41, 5.74) is 3.16. The Balaban J connectivity index is 1.46. The minimum atomic E-state index is -0.863. The van der Waals surface area contributed by atoms with Crippen molar-refractivity contribution in [2.75, 3.05) is 13.2 Å². The number of hydrogen-bond acceptors (Lipinski definition) is 6. The molecule has 0 saturated carbocycles. The molecule has 168 valence electrons. The van der Waals surface area contributed by atoms with E-state index in [2.05, 4.69) is 16.7 Å². The molecular formula is C25H22N2O6. The lowest BCUT2D eigenvalue weighted by Gasteiger charge is -2.27. The van der Waals surface area contributed by atoms with E-state index in [-0.39, 0.29) is 24.5 Å². The number of furan rings is 1. The van der Waals surface area contributed by atoms with Crippen molar-refractivity contribution in [1.29, 1.82) is 0 Å². The zero-order valence-corrected chi connectivity index (χ0v) is 18.0. The fraction of sp³-hybridized carbons (Fsp3) is 0.240. The average Bonchev–Trinajstić information content (AvgIpc) is 3.49. The maximum absolute atomic E-state index is 13.0. The predicted octanol–water partition coefficient (Wildman–Crippen LogP) is 3.56. The van der Waals surface area contributed by atoms with E-state index < -0.39 is 24.0 Å². The highest BCUT2D eigenvalue weighted by molar-refractivity contribution is 6.07. The van der Waals surface area contributed by atoms with E-state index in [9.17, 15) is 14.4 Å². The number of nitrogens with one attached hydrogen (secondary N) is 2. The average molecular weight is 446 g/mol. The first-order valence-electron chi connectivity index (χ1n) is 10.8. The maximum Gasteiger partial charge on any atom is 0.339 e. The number of aryl methyl sites for hydroxylation is 2. The summed E-state index contributed by atoms with van der Waals surface area (Å²) in [5.74, 6) is -0.810. The van der Waals surface area contributed by atoms with Gasteiger partial charge in [-0.2, -0.15) is 0 Å². The van der Waals surface area contributed by atoms with Gasteiger partial charge in [-0.15, -0.1) is 0 Å². The molecule has 0 saturated heterocycles. The second kappa shape index (κ2) is 8.46. The molecule has 0 fully saturated rings. The van der Waals surface area contributed by atoms with Crippen LogP contribution in [-0.4, -0.2) is 31.2 Å². The Hall–Kier alpha value is -4.07. The lowest BCUT2D eigenvalue weighted by molar-refractivity contribution is -0.139. The molecule has 0 spiro atoms. The summed E-state index contributed by atoms with van der Waals surface area (Å²) in [7, 11) is 0. The van der Waals surface area contributed by atoms with Crippen molar-refractivity contribution in [2.45, 2.75) is 25.8 Å². The van der Waals surface area contributed by atoms with Crippen LogP contribution in [-0.2, 0) is 27.1 Å². The Morgan fingerprint density at radius 2 is 1.85 bits per heavy atom. The van der Waals surface area contributed by atoms with E-state index in [1.165, 1.54) is 17.4 Å². The van der Waals surface area contributed by atoms with E-state index in [0.717, 1.165) is 23.6 Å². The van der Waals surface area contributed by atoms with Crippen LogP contribution in [0.4, 0.5) is 4.79 Å². The summed E-state index contributed by atoms with van der Waals surface area (Å²) in [6.07, 6.45) is 3.35. The molecule has 1 aliphatic heterocycles. The second-order valence-electron chi connectivity index (χ2n) is 7.85. The van der Waals surface area contributed by atoms with Crippen molar-refractivity contribution in [3.8, 4) is 0 Å². The molecule has 1 aliphatic carbocycles. The highest BCUT2D eigenvalue weighted by atomic mass is 16.5. The van der Waals surface area contributed by atoms with Gasteiger partial charge in [0.15, 0.2) is 0 Å². The van der Waals surface area contributed by atoms with Gasteiger partial charge < -0.3 is 24.5 Å². The van der Waals surface area contributed by atoms with Crippen LogP contribution in [0.25, 0.3) is 10.8 Å².